The summed E-state index contributed by atoms with van der Waals surface area (Å²) in [6.45, 7) is 1.54. The number of benzene rings is 1. The molecule has 7 heteroatoms. The summed E-state index contributed by atoms with van der Waals surface area (Å²) in [5.74, 6) is -2.11. The van der Waals surface area contributed by atoms with E-state index in [0.717, 1.165) is 12.1 Å². The Hall–Kier alpha value is -2.05. The van der Waals surface area contributed by atoms with Crippen LogP contribution in [0.1, 0.15) is 30.4 Å². The van der Waals surface area contributed by atoms with Gasteiger partial charge in [-0.3, -0.25) is 9.59 Å². The number of carbonyl (C=O) groups is 2. The highest BCUT2D eigenvalue weighted by atomic mass is 19.4. The lowest BCUT2D eigenvalue weighted by molar-refractivity contribution is -0.144. The van der Waals surface area contributed by atoms with Crippen molar-refractivity contribution in [2.24, 2.45) is 5.92 Å². The second-order valence-corrected chi connectivity index (χ2v) is 5.32. The maximum atomic E-state index is 12.7. The van der Waals surface area contributed by atoms with Gasteiger partial charge in [-0.05, 0) is 30.9 Å². The number of hydrogen-bond acceptors (Lipinski definition) is 2. The van der Waals surface area contributed by atoms with Crippen LogP contribution in [0, 0.1) is 5.92 Å². The first-order valence-electron chi connectivity index (χ1n) is 6.91. The summed E-state index contributed by atoms with van der Waals surface area (Å²) in [6.07, 6.45) is -3.96. The van der Waals surface area contributed by atoms with Crippen molar-refractivity contribution < 1.29 is 27.9 Å². The summed E-state index contributed by atoms with van der Waals surface area (Å²) in [4.78, 5) is 24.1. The molecule has 1 fully saturated rings. The molecule has 1 N–H and O–H groups in total. The fraction of sp³-hybridized carbons (Fsp3) is 0.467. The minimum Gasteiger partial charge on any atom is -0.480 e. The van der Waals surface area contributed by atoms with Crippen LogP contribution in [0.5, 0.6) is 0 Å². The van der Waals surface area contributed by atoms with E-state index < -0.39 is 23.6 Å². The Balaban J connectivity index is 2.09. The van der Waals surface area contributed by atoms with Crippen molar-refractivity contribution in [3.05, 3.63) is 35.4 Å². The maximum Gasteiger partial charge on any atom is 0.416 e. The van der Waals surface area contributed by atoms with E-state index in [2.05, 4.69) is 0 Å². The molecule has 1 saturated carbocycles. The SMILES string of the molecule is CCN(CC(=O)O)C(=O)C1CC1c1cccc(C(F)(F)F)c1. The van der Waals surface area contributed by atoms with Crippen LogP contribution < -0.4 is 0 Å². The van der Waals surface area contributed by atoms with Gasteiger partial charge in [0.25, 0.3) is 0 Å². The molecule has 0 heterocycles. The highest BCUT2D eigenvalue weighted by molar-refractivity contribution is 5.86. The lowest BCUT2D eigenvalue weighted by Crippen LogP contribution is -2.36. The monoisotopic (exact) mass is 315 g/mol. The van der Waals surface area contributed by atoms with Crippen LogP contribution in [0.4, 0.5) is 13.2 Å². The van der Waals surface area contributed by atoms with Crippen molar-refractivity contribution in [2.45, 2.75) is 25.4 Å². The van der Waals surface area contributed by atoms with E-state index in [0.29, 0.717) is 12.0 Å². The van der Waals surface area contributed by atoms with Crippen molar-refractivity contribution in [1.82, 2.24) is 4.90 Å². The van der Waals surface area contributed by atoms with E-state index in [9.17, 15) is 22.8 Å². The van der Waals surface area contributed by atoms with Gasteiger partial charge in [0.15, 0.2) is 0 Å². The number of nitrogens with zero attached hydrogens (tertiary/aromatic N) is 1. The molecule has 0 bridgehead atoms. The van der Waals surface area contributed by atoms with E-state index in [4.69, 9.17) is 5.11 Å². The first-order chi connectivity index (χ1) is 10.2. The van der Waals surface area contributed by atoms with E-state index >= 15 is 0 Å². The Bertz CT molecular complexity index is 586. The van der Waals surface area contributed by atoms with Crippen LogP contribution in [0.15, 0.2) is 24.3 Å². The fourth-order valence-electron chi connectivity index (χ4n) is 2.53. The van der Waals surface area contributed by atoms with Crippen LogP contribution in [-0.4, -0.2) is 35.0 Å². The fourth-order valence-corrected chi connectivity index (χ4v) is 2.53. The second kappa shape index (κ2) is 5.98. The lowest BCUT2D eigenvalue weighted by atomic mass is 10.0. The van der Waals surface area contributed by atoms with Gasteiger partial charge in [0.05, 0.1) is 5.56 Å². The number of carboxylic acids is 1. The van der Waals surface area contributed by atoms with Crippen molar-refractivity contribution in [1.29, 1.82) is 0 Å². The van der Waals surface area contributed by atoms with E-state index in [1.54, 1.807) is 13.0 Å². The van der Waals surface area contributed by atoms with Gasteiger partial charge < -0.3 is 10.0 Å². The zero-order chi connectivity index (χ0) is 16.5. The molecule has 1 aliphatic rings. The summed E-state index contributed by atoms with van der Waals surface area (Å²) >= 11 is 0. The summed E-state index contributed by atoms with van der Waals surface area (Å²) < 4.78 is 38.1. The van der Waals surface area contributed by atoms with Crippen LogP contribution in [0.25, 0.3) is 0 Å². The summed E-state index contributed by atoms with van der Waals surface area (Å²) in [5, 5.41) is 8.76. The van der Waals surface area contributed by atoms with Gasteiger partial charge in [-0.15, -0.1) is 0 Å². The second-order valence-electron chi connectivity index (χ2n) is 5.32. The Morgan fingerprint density at radius 3 is 2.59 bits per heavy atom. The molecule has 4 nitrogen and oxygen atoms in total. The number of rotatable bonds is 5. The van der Waals surface area contributed by atoms with Gasteiger partial charge in [0, 0.05) is 12.5 Å². The van der Waals surface area contributed by atoms with E-state index in [1.807, 2.05) is 0 Å². The topological polar surface area (TPSA) is 57.6 Å². The van der Waals surface area contributed by atoms with E-state index in [-0.39, 0.29) is 24.9 Å². The van der Waals surface area contributed by atoms with Crippen molar-refractivity contribution >= 4 is 11.9 Å². The number of hydrogen-bond donors (Lipinski definition) is 1. The minimum absolute atomic E-state index is 0.261. The number of carboxylic acid groups (broad SMARTS) is 1. The zero-order valence-electron chi connectivity index (χ0n) is 11.9. The highest BCUT2D eigenvalue weighted by Crippen LogP contribution is 2.49. The Morgan fingerprint density at radius 1 is 1.36 bits per heavy atom. The summed E-state index contributed by atoms with van der Waals surface area (Å²) in [6, 6.07) is 4.95. The standard InChI is InChI=1S/C15H16F3NO3/c1-2-19(8-13(20)21)14(22)12-7-11(12)9-4-3-5-10(6-9)15(16,17)18/h3-6,11-12H,2,7-8H2,1H3,(H,20,21). The molecule has 2 unspecified atom stereocenters. The molecule has 0 radical (unpaired) electrons. The molecule has 0 aromatic heterocycles. The normalized spacial score (nSPS) is 20.5. The van der Waals surface area contributed by atoms with Crippen LogP contribution in [0.2, 0.25) is 0 Å². The quantitative estimate of drug-likeness (QED) is 0.909. The van der Waals surface area contributed by atoms with Gasteiger partial charge in [-0.1, -0.05) is 18.2 Å². The molecule has 0 spiro atoms. The van der Waals surface area contributed by atoms with E-state index in [1.165, 1.54) is 11.0 Å². The third-order valence-corrected chi connectivity index (χ3v) is 3.77. The predicted octanol–water partition coefficient (Wildman–Crippen LogP) is 2.74. The van der Waals surface area contributed by atoms with Gasteiger partial charge in [-0.25, -0.2) is 0 Å². The number of likely N-dealkylation sites (N-methyl/N-ethyl adjacent to an activating group) is 1. The van der Waals surface area contributed by atoms with Gasteiger partial charge in [-0.2, -0.15) is 13.2 Å². The molecule has 120 valence electrons. The number of aliphatic carboxylic acids is 1. The molecule has 1 amide bonds. The van der Waals surface area contributed by atoms with Gasteiger partial charge >= 0.3 is 12.1 Å². The third kappa shape index (κ3) is 3.58. The number of carbonyl (C=O) groups excluding carboxylic acids is 1. The molecular formula is C15H16F3NO3. The molecule has 0 saturated heterocycles. The summed E-state index contributed by atoms with van der Waals surface area (Å²) in [5.41, 5.74) is -0.263. The molecule has 2 atom stereocenters. The summed E-state index contributed by atoms with van der Waals surface area (Å²) in [7, 11) is 0. The van der Waals surface area contributed by atoms with Crippen molar-refractivity contribution in [3.8, 4) is 0 Å². The minimum atomic E-state index is -4.41. The maximum absolute atomic E-state index is 12.7. The molecule has 2 rings (SSSR count). The van der Waals surface area contributed by atoms with Crippen molar-refractivity contribution in [3.63, 3.8) is 0 Å². The average Bonchev–Trinajstić information content (AvgIpc) is 3.23. The first-order valence-corrected chi connectivity index (χ1v) is 6.91. The largest absolute Gasteiger partial charge is 0.480 e. The van der Waals surface area contributed by atoms with Gasteiger partial charge in [0.1, 0.15) is 6.54 Å². The van der Waals surface area contributed by atoms with Crippen molar-refractivity contribution in [2.75, 3.05) is 13.1 Å². The Labute approximate surface area is 125 Å². The smallest absolute Gasteiger partial charge is 0.416 e. The Kier molecular flexibility index (Phi) is 4.44. The molecule has 0 aliphatic heterocycles. The Morgan fingerprint density at radius 2 is 2.05 bits per heavy atom. The van der Waals surface area contributed by atoms with Crippen LogP contribution in [-0.2, 0) is 15.8 Å². The molecular weight excluding hydrogens is 299 g/mol. The highest BCUT2D eigenvalue weighted by Gasteiger charge is 2.46. The lowest BCUT2D eigenvalue weighted by Gasteiger charge is -2.18. The average molecular weight is 315 g/mol. The van der Waals surface area contributed by atoms with Gasteiger partial charge in [0.2, 0.25) is 5.91 Å². The molecule has 22 heavy (non-hydrogen) atoms. The number of halogens is 3. The molecule has 1 aromatic rings. The number of alkyl halides is 3. The molecule has 1 aromatic carbocycles. The third-order valence-electron chi connectivity index (χ3n) is 3.77. The number of amides is 1. The molecule has 1 aliphatic carbocycles. The van der Waals surface area contributed by atoms with Crippen LogP contribution in [0.3, 0.4) is 0 Å². The van der Waals surface area contributed by atoms with Crippen LogP contribution >= 0.6 is 0 Å². The first kappa shape index (κ1) is 16.3. The predicted molar refractivity (Wildman–Crippen MR) is 72.2 cm³/mol. The zero-order valence-corrected chi connectivity index (χ0v) is 11.9.